The molecule has 3 heteroatoms. The normalized spacial score (nSPS) is 17.6. The van der Waals surface area contributed by atoms with Crippen LogP contribution in [0.2, 0.25) is 0 Å². The van der Waals surface area contributed by atoms with Gasteiger partial charge in [0.25, 0.3) is 0 Å². The van der Waals surface area contributed by atoms with Crippen LogP contribution >= 0.6 is 0 Å². The fourth-order valence-electron chi connectivity index (χ4n) is 2.33. The minimum atomic E-state index is -0.0172. The Balaban J connectivity index is 2.27. The van der Waals surface area contributed by atoms with E-state index in [1.807, 2.05) is 13.0 Å². The van der Waals surface area contributed by atoms with Gasteiger partial charge in [0.2, 0.25) is 0 Å². The third-order valence-electron chi connectivity index (χ3n) is 3.29. The van der Waals surface area contributed by atoms with Crippen LogP contribution in [0, 0.1) is 6.92 Å². The Morgan fingerprint density at radius 1 is 1.44 bits per heavy atom. The molecule has 3 nitrogen and oxygen atoms in total. The van der Waals surface area contributed by atoms with Gasteiger partial charge >= 0.3 is 0 Å². The lowest BCUT2D eigenvalue weighted by Crippen LogP contribution is -2.13. The average molecular weight is 242 g/mol. The molecule has 3 rings (SSSR count). The highest BCUT2D eigenvalue weighted by Crippen LogP contribution is 2.36. The highest BCUT2D eigenvalue weighted by Gasteiger charge is 2.26. The number of hydrogen-bond donors (Lipinski definition) is 0. The van der Waals surface area contributed by atoms with Gasteiger partial charge in [0, 0.05) is 18.1 Å². The minimum absolute atomic E-state index is 0.00433. The lowest BCUT2D eigenvalue weighted by Gasteiger charge is -2.08. The molecule has 0 saturated carbocycles. The van der Waals surface area contributed by atoms with Crippen molar-refractivity contribution in [2.24, 2.45) is 0 Å². The van der Waals surface area contributed by atoms with E-state index in [1.54, 1.807) is 13.0 Å². The molecule has 1 aromatic heterocycles. The predicted molar refractivity (Wildman–Crippen MR) is 70.2 cm³/mol. The first kappa shape index (κ1) is 11.1. The summed E-state index contributed by atoms with van der Waals surface area (Å²) in [7, 11) is 0. The molecule has 0 bridgehead atoms. The van der Waals surface area contributed by atoms with Crippen molar-refractivity contribution in [3.05, 3.63) is 51.9 Å². The van der Waals surface area contributed by atoms with E-state index in [0.717, 1.165) is 16.9 Å². The molecule has 1 atom stereocenters. The molecule has 0 aliphatic carbocycles. The van der Waals surface area contributed by atoms with Gasteiger partial charge in [-0.2, -0.15) is 0 Å². The van der Waals surface area contributed by atoms with Crippen molar-refractivity contribution in [3.63, 3.8) is 0 Å². The predicted octanol–water partition coefficient (Wildman–Crippen LogP) is 2.98. The van der Waals surface area contributed by atoms with Gasteiger partial charge in [0.15, 0.2) is 5.43 Å². The number of ether oxygens (including phenoxy) is 1. The van der Waals surface area contributed by atoms with Gasteiger partial charge < -0.3 is 9.15 Å². The first-order valence-electron chi connectivity index (χ1n) is 5.94. The average Bonchev–Trinajstić information content (AvgIpc) is 2.72. The van der Waals surface area contributed by atoms with E-state index in [0.29, 0.717) is 23.2 Å². The van der Waals surface area contributed by atoms with E-state index < -0.39 is 0 Å². The summed E-state index contributed by atoms with van der Waals surface area (Å²) in [5.74, 6) is 1.42. The molecule has 2 heterocycles. The van der Waals surface area contributed by atoms with E-state index in [-0.39, 0.29) is 11.5 Å². The van der Waals surface area contributed by atoms with Crippen molar-refractivity contribution in [3.8, 4) is 5.75 Å². The van der Waals surface area contributed by atoms with E-state index in [9.17, 15) is 4.79 Å². The van der Waals surface area contributed by atoms with Gasteiger partial charge in [-0.3, -0.25) is 4.79 Å². The third-order valence-corrected chi connectivity index (χ3v) is 3.29. The van der Waals surface area contributed by atoms with Crippen LogP contribution in [0.1, 0.15) is 18.2 Å². The van der Waals surface area contributed by atoms with Crippen LogP contribution in [-0.4, -0.2) is 6.10 Å². The quantitative estimate of drug-likeness (QED) is 0.722. The standard InChI is InChI=1S/C15H14O3/c1-8(2)14-7-11-13(18-14)5-4-10-12(16)6-9(3)17-15(10)11/h4-6,14H,1,7H2,2-3H3. The Hall–Kier alpha value is -2.03. The second-order valence-electron chi connectivity index (χ2n) is 4.80. The summed E-state index contributed by atoms with van der Waals surface area (Å²) < 4.78 is 11.5. The molecule has 0 radical (unpaired) electrons. The maximum atomic E-state index is 11.9. The Bertz CT molecular complexity index is 709. The zero-order valence-corrected chi connectivity index (χ0v) is 10.4. The molecule has 1 aliphatic rings. The highest BCUT2D eigenvalue weighted by molar-refractivity contribution is 5.83. The monoisotopic (exact) mass is 242 g/mol. The maximum Gasteiger partial charge on any atom is 0.192 e. The fraction of sp³-hybridized carbons (Fsp3) is 0.267. The summed E-state index contributed by atoms with van der Waals surface area (Å²) in [6.07, 6.45) is 0.699. The molecule has 18 heavy (non-hydrogen) atoms. The van der Waals surface area contributed by atoms with Crippen LogP contribution < -0.4 is 10.2 Å². The molecule has 1 aromatic carbocycles. The second kappa shape index (κ2) is 3.73. The number of fused-ring (bicyclic) bond motifs is 3. The summed E-state index contributed by atoms with van der Waals surface area (Å²) >= 11 is 0. The molecular weight excluding hydrogens is 228 g/mol. The summed E-state index contributed by atoms with van der Waals surface area (Å²) in [5, 5.41) is 0.616. The van der Waals surface area contributed by atoms with Crippen LogP contribution in [0.3, 0.4) is 0 Å². The highest BCUT2D eigenvalue weighted by atomic mass is 16.5. The SMILES string of the molecule is C=C(C)C1Cc2c(ccc3c(=O)cc(C)oc23)O1. The first-order chi connectivity index (χ1) is 8.56. The van der Waals surface area contributed by atoms with Crippen LogP contribution in [0.5, 0.6) is 5.75 Å². The van der Waals surface area contributed by atoms with Crippen LogP contribution in [0.4, 0.5) is 0 Å². The Labute approximate surface area is 105 Å². The van der Waals surface area contributed by atoms with Crippen molar-refractivity contribution in [1.29, 1.82) is 0 Å². The zero-order valence-electron chi connectivity index (χ0n) is 10.4. The van der Waals surface area contributed by atoms with Gasteiger partial charge in [0.05, 0.1) is 5.39 Å². The van der Waals surface area contributed by atoms with Gasteiger partial charge in [0.1, 0.15) is 23.2 Å². The van der Waals surface area contributed by atoms with Gasteiger partial charge in [-0.25, -0.2) is 0 Å². The van der Waals surface area contributed by atoms with Crippen LogP contribution in [-0.2, 0) is 6.42 Å². The number of benzene rings is 1. The largest absolute Gasteiger partial charge is 0.485 e. The topological polar surface area (TPSA) is 39.4 Å². The molecule has 0 spiro atoms. The fourth-order valence-corrected chi connectivity index (χ4v) is 2.33. The van der Waals surface area contributed by atoms with E-state index in [2.05, 4.69) is 6.58 Å². The number of hydrogen-bond acceptors (Lipinski definition) is 3. The summed E-state index contributed by atoms with van der Waals surface area (Å²) in [5.41, 5.74) is 2.60. The summed E-state index contributed by atoms with van der Waals surface area (Å²) in [6.45, 7) is 7.65. The maximum absolute atomic E-state index is 11.9. The van der Waals surface area contributed by atoms with Crippen molar-refractivity contribution >= 4 is 11.0 Å². The van der Waals surface area contributed by atoms with E-state index in [4.69, 9.17) is 9.15 Å². The molecule has 0 saturated heterocycles. The minimum Gasteiger partial charge on any atom is -0.485 e. The third kappa shape index (κ3) is 1.55. The lowest BCUT2D eigenvalue weighted by atomic mass is 10.0. The van der Waals surface area contributed by atoms with Gasteiger partial charge in [-0.15, -0.1) is 0 Å². The van der Waals surface area contributed by atoms with Crippen molar-refractivity contribution in [2.75, 3.05) is 0 Å². The van der Waals surface area contributed by atoms with Gasteiger partial charge in [-0.1, -0.05) is 6.58 Å². The molecule has 0 amide bonds. The number of rotatable bonds is 1. The molecule has 1 unspecified atom stereocenters. The molecule has 1 aliphatic heterocycles. The Morgan fingerprint density at radius 2 is 2.22 bits per heavy atom. The Kier molecular flexibility index (Phi) is 2.30. The summed E-state index contributed by atoms with van der Waals surface area (Å²) in [6, 6.07) is 5.12. The molecule has 0 fully saturated rings. The molecular formula is C15H14O3. The smallest absolute Gasteiger partial charge is 0.192 e. The van der Waals surface area contributed by atoms with Gasteiger partial charge in [-0.05, 0) is 31.6 Å². The first-order valence-corrected chi connectivity index (χ1v) is 5.94. The van der Waals surface area contributed by atoms with Crippen LogP contribution in [0.25, 0.3) is 11.0 Å². The molecule has 2 aromatic rings. The molecule has 92 valence electrons. The van der Waals surface area contributed by atoms with Crippen molar-refractivity contribution in [1.82, 2.24) is 0 Å². The number of aryl methyl sites for hydroxylation is 1. The zero-order chi connectivity index (χ0) is 12.9. The van der Waals surface area contributed by atoms with Crippen molar-refractivity contribution < 1.29 is 9.15 Å². The molecule has 0 N–H and O–H groups in total. The summed E-state index contributed by atoms with van der Waals surface area (Å²) in [4.78, 5) is 11.9. The van der Waals surface area contributed by atoms with E-state index >= 15 is 0 Å². The Morgan fingerprint density at radius 3 is 2.94 bits per heavy atom. The van der Waals surface area contributed by atoms with Crippen molar-refractivity contribution in [2.45, 2.75) is 26.4 Å². The van der Waals surface area contributed by atoms with Crippen LogP contribution in [0.15, 0.2) is 39.6 Å². The second-order valence-corrected chi connectivity index (χ2v) is 4.80. The van der Waals surface area contributed by atoms with E-state index in [1.165, 1.54) is 6.07 Å². The lowest BCUT2D eigenvalue weighted by molar-refractivity contribution is 0.271.